The highest BCUT2D eigenvalue weighted by atomic mass is 19.1. The zero-order chi connectivity index (χ0) is 13.6. The van der Waals surface area contributed by atoms with Crippen LogP contribution in [0.5, 0.6) is 0 Å². The van der Waals surface area contributed by atoms with Gasteiger partial charge in [0.15, 0.2) is 0 Å². The molecule has 0 saturated heterocycles. The van der Waals surface area contributed by atoms with E-state index in [-0.39, 0.29) is 16.8 Å². The van der Waals surface area contributed by atoms with Crippen molar-refractivity contribution in [1.29, 1.82) is 0 Å². The number of carbonyl (C=O) groups is 2. The molecule has 19 heavy (non-hydrogen) atoms. The quantitative estimate of drug-likeness (QED) is 0.738. The van der Waals surface area contributed by atoms with Crippen LogP contribution in [0.4, 0.5) is 14.5 Å². The van der Waals surface area contributed by atoms with Crippen LogP contribution in [0.25, 0.3) is 0 Å². The highest BCUT2D eigenvalue weighted by Gasteiger charge is 2.36. The molecule has 2 amide bonds. The van der Waals surface area contributed by atoms with E-state index in [1.165, 1.54) is 18.2 Å². The summed E-state index contributed by atoms with van der Waals surface area (Å²) in [5.74, 6) is -2.19. The Balaban J connectivity index is 2.10. The number of hydrogen-bond donors (Lipinski definition) is 0. The van der Waals surface area contributed by atoms with Crippen LogP contribution in [0.1, 0.15) is 20.7 Å². The fourth-order valence-corrected chi connectivity index (χ4v) is 2.04. The van der Waals surface area contributed by atoms with Crippen molar-refractivity contribution in [3.05, 3.63) is 65.2 Å². The fraction of sp³-hybridized carbons (Fsp3) is 0. The number of anilines is 1. The average molecular weight is 259 g/mol. The summed E-state index contributed by atoms with van der Waals surface area (Å²) in [5.41, 5.74) is 0.429. The topological polar surface area (TPSA) is 37.4 Å². The molecule has 0 aliphatic carbocycles. The fourth-order valence-electron chi connectivity index (χ4n) is 2.04. The summed E-state index contributed by atoms with van der Waals surface area (Å²) >= 11 is 0. The van der Waals surface area contributed by atoms with Crippen molar-refractivity contribution < 1.29 is 18.4 Å². The molecule has 0 spiro atoms. The third kappa shape index (κ3) is 1.71. The molecule has 0 radical (unpaired) electrons. The van der Waals surface area contributed by atoms with Crippen LogP contribution in [0.15, 0.2) is 42.5 Å². The predicted molar refractivity (Wildman–Crippen MR) is 63.9 cm³/mol. The van der Waals surface area contributed by atoms with Gasteiger partial charge in [0.05, 0.1) is 16.8 Å². The number of nitrogens with zero attached hydrogens (tertiary/aromatic N) is 1. The van der Waals surface area contributed by atoms with Gasteiger partial charge in [-0.3, -0.25) is 9.59 Å². The van der Waals surface area contributed by atoms with E-state index in [4.69, 9.17) is 0 Å². The summed E-state index contributed by atoms with van der Waals surface area (Å²) in [7, 11) is 0. The minimum absolute atomic E-state index is 0.0225. The first-order valence-corrected chi connectivity index (χ1v) is 5.52. The van der Waals surface area contributed by atoms with Gasteiger partial charge in [-0.15, -0.1) is 0 Å². The zero-order valence-corrected chi connectivity index (χ0v) is 9.56. The molecule has 2 aromatic carbocycles. The second kappa shape index (κ2) is 3.98. The molecule has 0 saturated carbocycles. The number of rotatable bonds is 1. The van der Waals surface area contributed by atoms with Crippen LogP contribution in [-0.4, -0.2) is 11.8 Å². The number of halogens is 2. The lowest BCUT2D eigenvalue weighted by Crippen LogP contribution is -2.29. The van der Waals surface area contributed by atoms with Crippen LogP contribution in [0, 0.1) is 11.6 Å². The lowest BCUT2D eigenvalue weighted by Gasteiger charge is -2.13. The molecular weight excluding hydrogens is 252 g/mol. The maximum Gasteiger partial charge on any atom is 0.266 e. The van der Waals surface area contributed by atoms with Crippen molar-refractivity contribution >= 4 is 17.5 Å². The first-order valence-electron chi connectivity index (χ1n) is 5.52. The van der Waals surface area contributed by atoms with Gasteiger partial charge in [0.2, 0.25) is 0 Å². The molecule has 2 aromatic rings. The lowest BCUT2D eigenvalue weighted by atomic mass is 10.1. The van der Waals surface area contributed by atoms with Gasteiger partial charge >= 0.3 is 0 Å². The lowest BCUT2D eigenvalue weighted by molar-refractivity contribution is 0.0926. The van der Waals surface area contributed by atoms with Gasteiger partial charge in [-0.05, 0) is 42.5 Å². The average Bonchev–Trinajstić information content (AvgIpc) is 2.63. The molecule has 1 heterocycles. The van der Waals surface area contributed by atoms with Crippen LogP contribution in [-0.2, 0) is 0 Å². The molecule has 1 aliphatic heterocycles. The Hall–Kier alpha value is -2.56. The number of benzene rings is 2. The molecule has 0 bridgehead atoms. The zero-order valence-electron chi connectivity index (χ0n) is 9.56. The molecule has 0 N–H and O–H groups in total. The Morgan fingerprint density at radius 2 is 1.32 bits per heavy atom. The van der Waals surface area contributed by atoms with Crippen molar-refractivity contribution in [1.82, 2.24) is 0 Å². The molecule has 0 aromatic heterocycles. The normalized spacial score (nSPS) is 13.9. The second-order valence-electron chi connectivity index (χ2n) is 4.11. The van der Waals surface area contributed by atoms with E-state index in [1.807, 2.05) is 0 Å². The molecule has 1 aliphatic rings. The summed E-state index contributed by atoms with van der Waals surface area (Å²) in [6.07, 6.45) is 0. The number of fused-ring (bicyclic) bond motifs is 1. The summed E-state index contributed by atoms with van der Waals surface area (Å²) in [6.45, 7) is 0. The summed E-state index contributed by atoms with van der Waals surface area (Å²) in [5, 5.41) is 0. The molecule has 0 unspecified atom stereocenters. The number of hydrogen-bond acceptors (Lipinski definition) is 2. The van der Waals surface area contributed by atoms with Crippen molar-refractivity contribution in [2.45, 2.75) is 0 Å². The Labute approximate surface area is 107 Å². The molecule has 3 nitrogen and oxygen atoms in total. The van der Waals surface area contributed by atoms with Crippen molar-refractivity contribution in [3.63, 3.8) is 0 Å². The van der Waals surface area contributed by atoms with E-state index >= 15 is 0 Å². The summed E-state index contributed by atoms with van der Waals surface area (Å²) < 4.78 is 26.0. The largest absolute Gasteiger partial charge is 0.268 e. The van der Waals surface area contributed by atoms with E-state index in [9.17, 15) is 18.4 Å². The predicted octanol–water partition coefficient (Wildman–Crippen LogP) is 2.77. The maximum absolute atomic E-state index is 13.1. The number of imide groups is 1. The smallest absolute Gasteiger partial charge is 0.266 e. The van der Waals surface area contributed by atoms with E-state index < -0.39 is 23.4 Å². The molecule has 5 heteroatoms. The van der Waals surface area contributed by atoms with Gasteiger partial charge in [0.1, 0.15) is 11.6 Å². The van der Waals surface area contributed by atoms with Crippen molar-refractivity contribution in [2.75, 3.05) is 4.90 Å². The molecular formula is C14H7F2NO2. The van der Waals surface area contributed by atoms with Gasteiger partial charge in [0.25, 0.3) is 11.8 Å². The van der Waals surface area contributed by atoms with E-state index in [1.54, 1.807) is 0 Å². The van der Waals surface area contributed by atoms with Crippen molar-refractivity contribution in [2.24, 2.45) is 0 Å². The number of carbonyl (C=O) groups excluding carboxylic acids is 2. The third-order valence-electron chi connectivity index (χ3n) is 2.93. The minimum atomic E-state index is -0.605. The van der Waals surface area contributed by atoms with Gasteiger partial charge in [-0.1, -0.05) is 0 Å². The van der Waals surface area contributed by atoms with Gasteiger partial charge in [-0.2, -0.15) is 0 Å². The minimum Gasteiger partial charge on any atom is -0.268 e. The summed E-state index contributed by atoms with van der Waals surface area (Å²) in [6, 6.07) is 8.38. The maximum atomic E-state index is 13.1. The van der Waals surface area contributed by atoms with Gasteiger partial charge in [0, 0.05) is 0 Å². The molecule has 0 fully saturated rings. The Bertz CT molecular complexity index is 695. The van der Waals surface area contributed by atoms with Crippen molar-refractivity contribution in [3.8, 4) is 0 Å². The van der Waals surface area contributed by atoms with E-state index in [2.05, 4.69) is 0 Å². The SMILES string of the molecule is O=C1c2ccc(F)cc2C(=O)N1c1ccc(F)cc1. The first kappa shape index (κ1) is 11.5. The Morgan fingerprint density at radius 1 is 0.737 bits per heavy atom. The summed E-state index contributed by atoms with van der Waals surface area (Å²) in [4.78, 5) is 25.1. The van der Waals surface area contributed by atoms with E-state index in [0.29, 0.717) is 0 Å². The van der Waals surface area contributed by atoms with Crippen LogP contribution in [0.2, 0.25) is 0 Å². The van der Waals surface area contributed by atoms with Gasteiger partial charge < -0.3 is 0 Å². The third-order valence-corrected chi connectivity index (χ3v) is 2.93. The van der Waals surface area contributed by atoms with Crippen LogP contribution < -0.4 is 4.90 Å². The highest BCUT2D eigenvalue weighted by molar-refractivity contribution is 6.34. The molecule has 3 rings (SSSR count). The van der Waals surface area contributed by atoms with Gasteiger partial charge in [-0.25, -0.2) is 13.7 Å². The second-order valence-corrected chi connectivity index (χ2v) is 4.11. The van der Waals surface area contributed by atoms with Crippen LogP contribution in [0.3, 0.4) is 0 Å². The van der Waals surface area contributed by atoms with E-state index in [0.717, 1.165) is 29.2 Å². The monoisotopic (exact) mass is 259 g/mol. The Kier molecular flexibility index (Phi) is 2.41. The first-order chi connectivity index (χ1) is 9.08. The standard InChI is InChI=1S/C14H7F2NO2/c15-8-1-4-10(5-2-8)17-13(18)11-6-3-9(16)7-12(11)14(17)19/h1-7H. The Morgan fingerprint density at radius 3 is 2.00 bits per heavy atom. The number of amides is 2. The molecule has 0 atom stereocenters. The highest BCUT2D eigenvalue weighted by Crippen LogP contribution is 2.28. The van der Waals surface area contributed by atoms with Crippen LogP contribution >= 0.6 is 0 Å². The molecule has 94 valence electrons.